The molecule has 3 aromatic rings. The molecular formula is C21H11Cl2N3O6. The van der Waals surface area contributed by atoms with Gasteiger partial charge in [-0.1, -0.05) is 41.4 Å². The van der Waals surface area contributed by atoms with Gasteiger partial charge in [0.05, 0.1) is 20.7 Å². The quantitative estimate of drug-likeness (QED) is 0.251. The molecule has 0 bridgehead atoms. The van der Waals surface area contributed by atoms with E-state index < -0.39 is 22.8 Å². The monoisotopic (exact) mass is 471 g/mol. The number of non-ortho nitro benzene ring substituents is 1. The number of anilines is 1. The van der Waals surface area contributed by atoms with Gasteiger partial charge >= 0.3 is 6.03 Å². The van der Waals surface area contributed by atoms with Crippen LogP contribution in [0, 0.1) is 10.1 Å². The molecule has 1 aliphatic rings. The number of nitrogens with zero attached hydrogens (tertiary/aromatic N) is 2. The predicted molar refractivity (Wildman–Crippen MR) is 116 cm³/mol. The Morgan fingerprint density at radius 3 is 2.53 bits per heavy atom. The molecule has 4 amide bonds. The van der Waals surface area contributed by atoms with E-state index >= 15 is 0 Å². The first kappa shape index (κ1) is 21.3. The van der Waals surface area contributed by atoms with Crippen LogP contribution in [0.1, 0.15) is 5.76 Å². The maximum absolute atomic E-state index is 13.0. The van der Waals surface area contributed by atoms with Crippen molar-refractivity contribution in [1.82, 2.24) is 5.32 Å². The molecule has 0 unspecified atom stereocenters. The van der Waals surface area contributed by atoms with Crippen LogP contribution in [-0.2, 0) is 9.59 Å². The van der Waals surface area contributed by atoms with Crippen molar-refractivity contribution in [1.29, 1.82) is 0 Å². The molecule has 160 valence electrons. The fourth-order valence-electron chi connectivity index (χ4n) is 3.04. The van der Waals surface area contributed by atoms with Gasteiger partial charge in [0.1, 0.15) is 17.1 Å². The Balaban J connectivity index is 1.69. The van der Waals surface area contributed by atoms with Gasteiger partial charge in [-0.15, -0.1) is 0 Å². The molecule has 9 nitrogen and oxygen atoms in total. The molecule has 0 atom stereocenters. The minimum absolute atomic E-state index is 0.0109. The molecule has 2 aromatic carbocycles. The van der Waals surface area contributed by atoms with Crippen LogP contribution in [0.2, 0.25) is 10.0 Å². The predicted octanol–water partition coefficient (Wildman–Crippen LogP) is 4.83. The van der Waals surface area contributed by atoms with Crippen molar-refractivity contribution in [3.8, 4) is 11.3 Å². The Hall–Kier alpha value is -3.95. The van der Waals surface area contributed by atoms with Crippen molar-refractivity contribution in [3.05, 3.63) is 86.1 Å². The second-order valence-corrected chi connectivity index (χ2v) is 7.33. The SMILES string of the molecule is O=C1NC(=O)N(c2cccc(Cl)c2Cl)C(=O)/C1=C/c1ccc(-c2cccc([N+](=O)[O-])c2)o1. The summed E-state index contributed by atoms with van der Waals surface area (Å²) >= 11 is 12.1. The Morgan fingerprint density at radius 2 is 1.78 bits per heavy atom. The average Bonchev–Trinajstić information content (AvgIpc) is 3.23. The first-order valence-corrected chi connectivity index (χ1v) is 9.72. The number of hydrogen-bond donors (Lipinski definition) is 1. The van der Waals surface area contributed by atoms with Gasteiger partial charge in [-0.3, -0.25) is 25.0 Å². The Labute approximate surface area is 190 Å². The number of nitrogens with one attached hydrogen (secondary N) is 1. The molecule has 1 saturated heterocycles. The fourth-order valence-corrected chi connectivity index (χ4v) is 3.42. The molecule has 11 heteroatoms. The van der Waals surface area contributed by atoms with Crippen molar-refractivity contribution in [2.24, 2.45) is 0 Å². The summed E-state index contributed by atoms with van der Waals surface area (Å²) in [6.45, 7) is 0. The number of furan rings is 1. The van der Waals surface area contributed by atoms with E-state index in [1.54, 1.807) is 6.07 Å². The van der Waals surface area contributed by atoms with Gasteiger partial charge in [-0.05, 0) is 30.3 Å². The van der Waals surface area contributed by atoms with Gasteiger partial charge < -0.3 is 4.42 Å². The highest BCUT2D eigenvalue weighted by Gasteiger charge is 2.38. The lowest BCUT2D eigenvalue weighted by molar-refractivity contribution is -0.384. The van der Waals surface area contributed by atoms with E-state index in [0.29, 0.717) is 10.5 Å². The van der Waals surface area contributed by atoms with Crippen molar-refractivity contribution < 1.29 is 23.7 Å². The first-order chi connectivity index (χ1) is 15.3. The van der Waals surface area contributed by atoms with E-state index in [0.717, 1.165) is 6.08 Å². The Bertz CT molecular complexity index is 1330. The van der Waals surface area contributed by atoms with Crippen LogP contribution in [0.25, 0.3) is 17.4 Å². The number of nitro benzene ring substituents is 1. The fraction of sp³-hybridized carbons (Fsp3) is 0. The Kier molecular flexibility index (Phi) is 5.52. The molecule has 32 heavy (non-hydrogen) atoms. The van der Waals surface area contributed by atoms with Crippen molar-refractivity contribution in [2.45, 2.75) is 0 Å². The van der Waals surface area contributed by atoms with Crippen LogP contribution >= 0.6 is 23.2 Å². The molecule has 4 rings (SSSR count). The standard InChI is InChI=1S/C21H11Cl2N3O6/c22-15-5-2-6-16(18(15)23)25-20(28)14(19(27)24-21(25)29)10-13-7-8-17(32-13)11-3-1-4-12(9-11)26(30)31/h1-10H,(H,24,27,29)/b14-10+. The van der Waals surface area contributed by atoms with E-state index in [2.05, 4.69) is 5.32 Å². The molecular weight excluding hydrogens is 461 g/mol. The number of barbiturate groups is 1. The van der Waals surface area contributed by atoms with E-state index in [9.17, 15) is 24.5 Å². The minimum atomic E-state index is -0.974. The number of carbonyl (C=O) groups is 3. The van der Waals surface area contributed by atoms with Gasteiger partial charge in [0.2, 0.25) is 0 Å². The first-order valence-electron chi connectivity index (χ1n) is 8.96. The molecule has 0 spiro atoms. The van der Waals surface area contributed by atoms with Crippen molar-refractivity contribution >= 4 is 58.5 Å². The molecule has 2 heterocycles. The molecule has 0 aliphatic carbocycles. The second kappa shape index (κ2) is 8.29. The van der Waals surface area contributed by atoms with Gasteiger partial charge in [0, 0.05) is 17.7 Å². The molecule has 1 aromatic heterocycles. The number of halogens is 2. The summed E-state index contributed by atoms with van der Waals surface area (Å²) in [5.74, 6) is -1.43. The second-order valence-electron chi connectivity index (χ2n) is 6.54. The topological polar surface area (TPSA) is 123 Å². The van der Waals surface area contributed by atoms with Crippen LogP contribution in [0.3, 0.4) is 0 Å². The summed E-state index contributed by atoms with van der Waals surface area (Å²) in [5, 5.41) is 13.1. The lowest BCUT2D eigenvalue weighted by Gasteiger charge is -2.27. The molecule has 1 fully saturated rings. The Morgan fingerprint density at radius 1 is 1.03 bits per heavy atom. The lowest BCUT2D eigenvalue weighted by atomic mass is 10.1. The van der Waals surface area contributed by atoms with Gasteiger partial charge in [-0.25, -0.2) is 9.69 Å². The summed E-state index contributed by atoms with van der Waals surface area (Å²) < 4.78 is 5.63. The smallest absolute Gasteiger partial charge is 0.336 e. The van der Waals surface area contributed by atoms with E-state index in [-0.39, 0.29) is 38.5 Å². The van der Waals surface area contributed by atoms with E-state index in [1.165, 1.54) is 48.5 Å². The maximum Gasteiger partial charge on any atom is 0.336 e. The highest BCUT2D eigenvalue weighted by Crippen LogP contribution is 2.34. The van der Waals surface area contributed by atoms with Crippen LogP contribution < -0.4 is 10.2 Å². The summed E-state index contributed by atoms with van der Waals surface area (Å²) in [4.78, 5) is 48.8. The number of urea groups is 1. The average molecular weight is 472 g/mol. The third-order valence-corrected chi connectivity index (χ3v) is 5.34. The third kappa shape index (κ3) is 3.86. The number of imide groups is 2. The molecule has 1 N–H and O–H groups in total. The third-order valence-electron chi connectivity index (χ3n) is 4.53. The lowest BCUT2D eigenvalue weighted by Crippen LogP contribution is -2.54. The van der Waals surface area contributed by atoms with Crippen LogP contribution in [-0.4, -0.2) is 22.8 Å². The van der Waals surface area contributed by atoms with Gasteiger partial charge in [0.15, 0.2) is 0 Å². The number of carbonyl (C=O) groups excluding carboxylic acids is 3. The van der Waals surface area contributed by atoms with Crippen molar-refractivity contribution in [3.63, 3.8) is 0 Å². The molecule has 0 saturated carbocycles. The zero-order chi connectivity index (χ0) is 23.0. The van der Waals surface area contributed by atoms with Crippen LogP contribution in [0.15, 0.2) is 64.6 Å². The summed E-state index contributed by atoms with van der Waals surface area (Å²) in [6, 6.07) is 12.2. The number of amides is 4. The highest BCUT2D eigenvalue weighted by atomic mass is 35.5. The number of rotatable bonds is 4. The van der Waals surface area contributed by atoms with Crippen LogP contribution in [0.4, 0.5) is 16.2 Å². The van der Waals surface area contributed by atoms with Gasteiger partial charge in [0.25, 0.3) is 17.5 Å². The largest absolute Gasteiger partial charge is 0.457 e. The highest BCUT2D eigenvalue weighted by molar-refractivity contribution is 6.46. The minimum Gasteiger partial charge on any atom is -0.457 e. The normalized spacial score (nSPS) is 15.2. The van der Waals surface area contributed by atoms with E-state index in [4.69, 9.17) is 27.6 Å². The number of hydrogen-bond acceptors (Lipinski definition) is 6. The summed E-state index contributed by atoms with van der Waals surface area (Å²) in [5.41, 5.74) is -0.0450. The maximum atomic E-state index is 13.0. The van der Waals surface area contributed by atoms with E-state index in [1.807, 2.05) is 0 Å². The molecule has 0 radical (unpaired) electrons. The van der Waals surface area contributed by atoms with Crippen molar-refractivity contribution in [2.75, 3.05) is 4.90 Å². The summed E-state index contributed by atoms with van der Waals surface area (Å²) in [7, 11) is 0. The van der Waals surface area contributed by atoms with Gasteiger partial charge in [-0.2, -0.15) is 0 Å². The number of nitro groups is 1. The van der Waals surface area contributed by atoms with Crippen LogP contribution in [0.5, 0.6) is 0 Å². The number of benzene rings is 2. The zero-order valence-electron chi connectivity index (χ0n) is 15.9. The summed E-state index contributed by atoms with van der Waals surface area (Å²) in [6.07, 6.45) is 1.16. The zero-order valence-corrected chi connectivity index (χ0v) is 17.4. The molecule has 1 aliphatic heterocycles.